The third-order valence-electron chi connectivity index (χ3n) is 2.52. The molecule has 2 nitrogen and oxygen atoms in total. The molecule has 0 saturated heterocycles. The Balaban J connectivity index is 2.68. The molecule has 0 spiro atoms. The Morgan fingerprint density at radius 2 is 1.81 bits per heavy atom. The van der Waals surface area contributed by atoms with Crippen LogP contribution in [0.4, 0.5) is 0 Å². The van der Waals surface area contributed by atoms with Crippen LogP contribution in [0.5, 0.6) is 5.75 Å². The summed E-state index contributed by atoms with van der Waals surface area (Å²) < 4.78 is 10.3. The van der Waals surface area contributed by atoms with Gasteiger partial charge >= 0.3 is 0 Å². The Morgan fingerprint density at radius 3 is 2.56 bits per heavy atom. The van der Waals surface area contributed by atoms with Gasteiger partial charge in [0.2, 0.25) is 0 Å². The Bertz CT molecular complexity index is 515. The van der Waals surface area contributed by atoms with Gasteiger partial charge in [0.15, 0.2) is 0 Å². The van der Waals surface area contributed by atoms with Gasteiger partial charge < -0.3 is 9.47 Å². The van der Waals surface area contributed by atoms with Gasteiger partial charge in [0, 0.05) is 5.56 Å². The minimum atomic E-state index is 0.854. The van der Waals surface area contributed by atoms with E-state index in [4.69, 9.17) is 9.47 Å². The maximum absolute atomic E-state index is 5.34. The molecule has 0 aromatic heterocycles. The molecule has 0 heterocycles. The molecule has 0 bridgehead atoms. The second-order valence-electron chi connectivity index (χ2n) is 3.44. The normalized spacial score (nSPS) is 10.9. The fourth-order valence-electron chi connectivity index (χ4n) is 1.76. The highest BCUT2D eigenvalue weighted by Crippen LogP contribution is 2.28. The van der Waals surface area contributed by atoms with Crippen LogP contribution >= 0.6 is 0 Å². The third kappa shape index (κ3) is 1.87. The number of benzene rings is 2. The summed E-state index contributed by atoms with van der Waals surface area (Å²) in [6, 6.07) is 12.2. The summed E-state index contributed by atoms with van der Waals surface area (Å²) in [6.07, 6.45) is 3.57. The van der Waals surface area contributed by atoms with Crippen LogP contribution in [0.3, 0.4) is 0 Å². The van der Waals surface area contributed by atoms with E-state index in [0.717, 1.165) is 16.7 Å². The predicted octanol–water partition coefficient (Wildman–Crippen LogP) is 3.47. The lowest BCUT2D eigenvalue weighted by Gasteiger charge is -2.08. The molecule has 0 amide bonds. The molecule has 16 heavy (non-hydrogen) atoms. The molecule has 0 fully saturated rings. The molecule has 2 aromatic carbocycles. The van der Waals surface area contributed by atoms with Crippen molar-refractivity contribution in [3.05, 3.63) is 48.2 Å². The van der Waals surface area contributed by atoms with Gasteiger partial charge in [-0.05, 0) is 22.9 Å². The van der Waals surface area contributed by atoms with Crippen LogP contribution in [0.25, 0.3) is 16.8 Å². The van der Waals surface area contributed by atoms with Crippen LogP contribution in [0.2, 0.25) is 0 Å². The topological polar surface area (TPSA) is 18.5 Å². The van der Waals surface area contributed by atoms with Crippen molar-refractivity contribution in [3.8, 4) is 5.75 Å². The van der Waals surface area contributed by atoms with Crippen molar-refractivity contribution >= 4 is 16.8 Å². The zero-order valence-electron chi connectivity index (χ0n) is 9.44. The number of hydrogen-bond donors (Lipinski definition) is 0. The zero-order chi connectivity index (χ0) is 11.4. The highest BCUT2D eigenvalue weighted by Gasteiger charge is 2.04. The highest BCUT2D eigenvalue weighted by atomic mass is 16.5. The van der Waals surface area contributed by atoms with E-state index in [-0.39, 0.29) is 0 Å². The summed E-state index contributed by atoms with van der Waals surface area (Å²) in [4.78, 5) is 0. The quantitative estimate of drug-likeness (QED) is 0.728. The van der Waals surface area contributed by atoms with Crippen LogP contribution in [-0.4, -0.2) is 14.2 Å². The molecule has 2 rings (SSSR count). The van der Waals surface area contributed by atoms with Crippen LogP contribution in [0, 0.1) is 0 Å². The molecule has 0 aliphatic rings. The van der Waals surface area contributed by atoms with Gasteiger partial charge in [0.25, 0.3) is 0 Å². The Morgan fingerprint density at radius 1 is 1.00 bits per heavy atom. The van der Waals surface area contributed by atoms with Crippen molar-refractivity contribution in [2.24, 2.45) is 0 Å². The van der Waals surface area contributed by atoms with Crippen LogP contribution in [0.1, 0.15) is 5.56 Å². The maximum Gasteiger partial charge on any atom is 0.126 e. The fraction of sp³-hybridized carbons (Fsp3) is 0.143. The van der Waals surface area contributed by atoms with Gasteiger partial charge in [0.05, 0.1) is 20.5 Å². The first kappa shape index (κ1) is 10.6. The minimum absolute atomic E-state index is 0.854. The van der Waals surface area contributed by atoms with E-state index in [2.05, 4.69) is 18.2 Å². The van der Waals surface area contributed by atoms with Gasteiger partial charge in [0.1, 0.15) is 5.75 Å². The van der Waals surface area contributed by atoms with E-state index >= 15 is 0 Å². The van der Waals surface area contributed by atoms with E-state index in [1.807, 2.05) is 24.3 Å². The maximum atomic E-state index is 5.34. The molecule has 0 aliphatic carbocycles. The predicted molar refractivity (Wildman–Crippen MR) is 66.5 cm³/mol. The van der Waals surface area contributed by atoms with Gasteiger partial charge in [-0.2, -0.15) is 0 Å². The van der Waals surface area contributed by atoms with Crippen LogP contribution in [0.15, 0.2) is 42.7 Å². The van der Waals surface area contributed by atoms with Crippen molar-refractivity contribution in [2.75, 3.05) is 14.2 Å². The van der Waals surface area contributed by atoms with E-state index in [1.54, 1.807) is 20.5 Å². The van der Waals surface area contributed by atoms with Crippen LogP contribution in [-0.2, 0) is 4.74 Å². The summed E-state index contributed by atoms with van der Waals surface area (Å²) >= 11 is 0. The summed E-state index contributed by atoms with van der Waals surface area (Å²) in [7, 11) is 3.31. The monoisotopic (exact) mass is 214 g/mol. The number of rotatable bonds is 3. The lowest BCUT2D eigenvalue weighted by Crippen LogP contribution is -1.88. The van der Waals surface area contributed by atoms with E-state index < -0.39 is 0 Å². The van der Waals surface area contributed by atoms with E-state index in [0.29, 0.717) is 0 Å². The number of fused-ring (bicyclic) bond motifs is 1. The number of ether oxygens (including phenoxy) is 2. The number of hydrogen-bond acceptors (Lipinski definition) is 2. The minimum Gasteiger partial charge on any atom is -0.504 e. The summed E-state index contributed by atoms with van der Waals surface area (Å²) in [6.45, 7) is 0. The molecule has 2 heteroatoms. The molecule has 0 unspecified atom stereocenters. The summed E-state index contributed by atoms with van der Waals surface area (Å²) in [5.41, 5.74) is 1.04. The van der Waals surface area contributed by atoms with Gasteiger partial charge in [-0.15, -0.1) is 0 Å². The smallest absolute Gasteiger partial charge is 0.126 e. The fourth-order valence-corrected chi connectivity index (χ4v) is 1.76. The Labute approximate surface area is 95.1 Å². The first-order chi connectivity index (χ1) is 7.86. The van der Waals surface area contributed by atoms with Crippen LogP contribution < -0.4 is 4.74 Å². The Hall–Kier alpha value is -1.96. The molecule has 82 valence electrons. The number of methoxy groups -OCH3 is 2. The molecule has 0 saturated carbocycles. The first-order valence-electron chi connectivity index (χ1n) is 5.12. The second-order valence-corrected chi connectivity index (χ2v) is 3.44. The van der Waals surface area contributed by atoms with Gasteiger partial charge in [-0.1, -0.05) is 30.3 Å². The molecular formula is C14H14O2. The van der Waals surface area contributed by atoms with Crippen molar-refractivity contribution in [1.82, 2.24) is 0 Å². The molecule has 2 aromatic rings. The van der Waals surface area contributed by atoms with E-state index in [9.17, 15) is 0 Å². The average Bonchev–Trinajstić information content (AvgIpc) is 2.35. The van der Waals surface area contributed by atoms with Crippen molar-refractivity contribution in [1.29, 1.82) is 0 Å². The molecule has 0 N–H and O–H groups in total. The highest BCUT2D eigenvalue weighted by molar-refractivity contribution is 5.93. The van der Waals surface area contributed by atoms with Crippen molar-refractivity contribution in [2.45, 2.75) is 0 Å². The summed E-state index contributed by atoms with van der Waals surface area (Å²) in [5.74, 6) is 0.854. The molecule has 0 radical (unpaired) electrons. The standard InChI is InChI=1S/C14H14O2/c1-15-10-9-13-12-6-4-3-5-11(12)7-8-14(13)16-2/h3-10H,1-2H3/b10-9-. The zero-order valence-corrected chi connectivity index (χ0v) is 9.44. The summed E-state index contributed by atoms with van der Waals surface area (Å²) in [5, 5.41) is 2.36. The lowest BCUT2D eigenvalue weighted by atomic mass is 10.0. The van der Waals surface area contributed by atoms with Gasteiger partial charge in [-0.3, -0.25) is 0 Å². The van der Waals surface area contributed by atoms with Crippen molar-refractivity contribution in [3.63, 3.8) is 0 Å². The van der Waals surface area contributed by atoms with Gasteiger partial charge in [-0.25, -0.2) is 0 Å². The molecule has 0 atom stereocenters. The Kier molecular flexibility index (Phi) is 3.10. The molecule has 0 aliphatic heterocycles. The average molecular weight is 214 g/mol. The second kappa shape index (κ2) is 4.71. The van der Waals surface area contributed by atoms with Crippen molar-refractivity contribution < 1.29 is 9.47 Å². The van der Waals surface area contributed by atoms with E-state index in [1.165, 1.54) is 5.39 Å². The first-order valence-corrected chi connectivity index (χ1v) is 5.12. The third-order valence-corrected chi connectivity index (χ3v) is 2.52. The molecular weight excluding hydrogens is 200 g/mol. The largest absolute Gasteiger partial charge is 0.504 e. The lowest BCUT2D eigenvalue weighted by molar-refractivity contribution is 0.341. The SMILES string of the molecule is CO/C=C\c1c(OC)ccc2ccccc12.